The van der Waals surface area contributed by atoms with E-state index in [1.165, 1.54) is 17.3 Å². The van der Waals surface area contributed by atoms with Crippen molar-refractivity contribution in [2.75, 3.05) is 6.54 Å². The van der Waals surface area contributed by atoms with Gasteiger partial charge in [-0.25, -0.2) is 0 Å². The van der Waals surface area contributed by atoms with Gasteiger partial charge in [-0.1, -0.05) is 22.8 Å². The van der Waals surface area contributed by atoms with Gasteiger partial charge in [-0.15, -0.1) is 0 Å². The van der Waals surface area contributed by atoms with Crippen LogP contribution in [0.25, 0.3) is 10.9 Å². The van der Waals surface area contributed by atoms with Gasteiger partial charge in [0.15, 0.2) is 5.82 Å². The molecule has 2 heterocycles. The fourth-order valence-corrected chi connectivity index (χ4v) is 2.20. The van der Waals surface area contributed by atoms with Crippen molar-refractivity contribution in [2.24, 2.45) is 0 Å². The first kappa shape index (κ1) is 12.2. The molecule has 0 aliphatic carbocycles. The van der Waals surface area contributed by atoms with Crippen LogP contribution in [-0.2, 0) is 13.0 Å². The fraction of sp³-hybridized carbons (Fsp3) is 0.231. The van der Waals surface area contributed by atoms with Crippen LogP contribution in [0.3, 0.4) is 0 Å². The lowest BCUT2D eigenvalue weighted by molar-refractivity contribution is 0.409. The van der Waals surface area contributed by atoms with E-state index >= 15 is 0 Å². The molecule has 0 saturated heterocycles. The molecule has 0 spiro atoms. The molecule has 0 unspecified atom stereocenters. The number of nitrogens with zero attached hydrogens (tertiary/aromatic N) is 2. The van der Waals surface area contributed by atoms with Crippen molar-refractivity contribution in [1.29, 1.82) is 0 Å². The summed E-state index contributed by atoms with van der Waals surface area (Å²) in [7, 11) is 0. The van der Waals surface area contributed by atoms with Crippen molar-refractivity contribution in [1.82, 2.24) is 20.4 Å². The van der Waals surface area contributed by atoms with E-state index < -0.39 is 0 Å². The predicted molar refractivity (Wildman–Crippen MR) is 73.0 cm³/mol. The van der Waals surface area contributed by atoms with Crippen molar-refractivity contribution in [3.63, 3.8) is 0 Å². The predicted octanol–water partition coefficient (Wildman–Crippen LogP) is 2.54. The molecular weight excluding hydrogens is 264 g/mol. The number of halogens is 1. The number of benzene rings is 1. The summed E-state index contributed by atoms with van der Waals surface area (Å²) in [4.78, 5) is 7.19. The normalized spacial score (nSPS) is 11.2. The van der Waals surface area contributed by atoms with Gasteiger partial charge in [0, 0.05) is 41.6 Å². The third-order valence-electron chi connectivity index (χ3n) is 2.98. The molecule has 6 heteroatoms. The molecule has 19 heavy (non-hydrogen) atoms. The number of H-pyrrole nitrogens is 1. The Balaban J connectivity index is 1.59. The summed E-state index contributed by atoms with van der Waals surface area (Å²) in [5.41, 5.74) is 2.28. The summed E-state index contributed by atoms with van der Waals surface area (Å²) in [5, 5.41) is 9.05. The summed E-state index contributed by atoms with van der Waals surface area (Å²) in [6, 6.07) is 5.87. The Labute approximate surface area is 115 Å². The lowest BCUT2D eigenvalue weighted by Crippen LogP contribution is -2.16. The molecule has 2 N–H and O–H groups in total. The van der Waals surface area contributed by atoms with E-state index in [0.29, 0.717) is 0 Å². The van der Waals surface area contributed by atoms with Crippen LogP contribution in [0.1, 0.15) is 11.4 Å². The molecule has 0 fully saturated rings. The van der Waals surface area contributed by atoms with Gasteiger partial charge >= 0.3 is 0 Å². The minimum Gasteiger partial charge on any atom is -0.361 e. The van der Waals surface area contributed by atoms with Gasteiger partial charge < -0.3 is 14.8 Å². The largest absolute Gasteiger partial charge is 0.361 e. The van der Waals surface area contributed by atoms with Crippen LogP contribution in [0.5, 0.6) is 0 Å². The minimum absolute atomic E-state index is 0.721. The van der Waals surface area contributed by atoms with E-state index in [1.54, 1.807) is 0 Å². The lowest BCUT2D eigenvalue weighted by Gasteiger charge is -2.02. The summed E-state index contributed by atoms with van der Waals surface area (Å²) in [5.74, 6) is 0.721. The molecule has 1 aromatic carbocycles. The van der Waals surface area contributed by atoms with Crippen LogP contribution in [-0.4, -0.2) is 21.7 Å². The summed E-state index contributed by atoms with van der Waals surface area (Å²) < 4.78 is 4.68. The second kappa shape index (κ2) is 5.42. The highest BCUT2D eigenvalue weighted by molar-refractivity contribution is 6.31. The zero-order chi connectivity index (χ0) is 13.1. The van der Waals surface area contributed by atoms with Crippen molar-refractivity contribution in [3.8, 4) is 0 Å². The first-order chi connectivity index (χ1) is 9.33. The SMILES string of the molecule is Clc1ccc2c(CNCCc3ncon3)c[nH]c2c1. The van der Waals surface area contributed by atoms with Crippen molar-refractivity contribution < 1.29 is 4.52 Å². The van der Waals surface area contributed by atoms with Crippen molar-refractivity contribution in [3.05, 3.63) is 47.2 Å². The van der Waals surface area contributed by atoms with Crippen molar-refractivity contribution >= 4 is 22.5 Å². The zero-order valence-electron chi connectivity index (χ0n) is 10.2. The molecule has 0 saturated carbocycles. The Hall–Kier alpha value is -1.85. The number of rotatable bonds is 5. The smallest absolute Gasteiger partial charge is 0.213 e. The quantitative estimate of drug-likeness (QED) is 0.703. The number of aromatic amines is 1. The van der Waals surface area contributed by atoms with Crippen molar-refractivity contribution in [2.45, 2.75) is 13.0 Å². The van der Waals surface area contributed by atoms with Gasteiger partial charge in [0.05, 0.1) is 0 Å². The van der Waals surface area contributed by atoms with Gasteiger partial charge in [-0.05, 0) is 17.7 Å². The van der Waals surface area contributed by atoms with Gasteiger partial charge in [-0.2, -0.15) is 4.98 Å². The molecule has 0 aliphatic heterocycles. The van der Waals surface area contributed by atoms with E-state index in [4.69, 9.17) is 11.6 Å². The fourth-order valence-electron chi connectivity index (χ4n) is 2.03. The number of hydrogen-bond donors (Lipinski definition) is 2. The summed E-state index contributed by atoms with van der Waals surface area (Å²) >= 11 is 5.95. The van der Waals surface area contributed by atoms with E-state index in [9.17, 15) is 0 Å². The molecule has 0 radical (unpaired) electrons. The molecule has 0 bridgehead atoms. The number of hydrogen-bond acceptors (Lipinski definition) is 4. The van der Waals surface area contributed by atoms with Gasteiger partial charge in [-0.3, -0.25) is 0 Å². The van der Waals surface area contributed by atoms with Gasteiger partial charge in [0.2, 0.25) is 6.39 Å². The van der Waals surface area contributed by atoms with Crippen LogP contribution in [0.2, 0.25) is 5.02 Å². The van der Waals surface area contributed by atoms with E-state index in [0.717, 1.165) is 35.9 Å². The first-order valence-corrected chi connectivity index (χ1v) is 6.42. The number of fused-ring (bicyclic) bond motifs is 1. The topological polar surface area (TPSA) is 66.7 Å². The molecule has 2 aromatic heterocycles. The zero-order valence-corrected chi connectivity index (χ0v) is 10.9. The van der Waals surface area contributed by atoms with Crippen LogP contribution >= 0.6 is 11.6 Å². The highest BCUT2D eigenvalue weighted by Crippen LogP contribution is 2.21. The Morgan fingerprint density at radius 3 is 3.16 bits per heavy atom. The van der Waals surface area contributed by atoms with E-state index in [1.807, 2.05) is 24.4 Å². The average molecular weight is 277 g/mol. The third kappa shape index (κ3) is 2.77. The lowest BCUT2D eigenvalue weighted by atomic mass is 10.2. The second-order valence-electron chi connectivity index (χ2n) is 4.28. The Kier molecular flexibility index (Phi) is 3.48. The Morgan fingerprint density at radius 2 is 2.32 bits per heavy atom. The van der Waals surface area contributed by atoms with Crippen LogP contribution in [0.15, 0.2) is 35.3 Å². The van der Waals surface area contributed by atoms with E-state index in [2.05, 4.69) is 25.0 Å². The van der Waals surface area contributed by atoms with Crippen LogP contribution in [0.4, 0.5) is 0 Å². The Bertz CT molecular complexity index is 662. The summed E-state index contributed by atoms with van der Waals surface area (Å²) in [6.07, 6.45) is 4.10. The van der Waals surface area contributed by atoms with Gasteiger partial charge in [0.1, 0.15) is 0 Å². The first-order valence-electron chi connectivity index (χ1n) is 6.04. The average Bonchev–Trinajstić information content (AvgIpc) is 3.03. The third-order valence-corrected chi connectivity index (χ3v) is 3.21. The highest BCUT2D eigenvalue weighted by atomic mass is 35.5. The monoisotopic (exact) mass is 276 g/mol. The maximum Gasteiger partial charge on any atom is 0.213 e. The maximum atomic E-state index is 5.95. The second-order valence-corrected chi connectivity index (χ2v) is 4.71. The Morgan fingerprint density at radius 1 is 1.37 bits per heavy atom. The molecule has 3 aromatic rings. The molecule has 3 rings (SSSR count). The summed E-state index contributed by atoms with van der Waals surface area (Å²) in [6.45, 7) is 1.60. The van der Waals surface area contributed by atoms with Gasteiger partial charge in [0.25, 0.3) is 0 Å². The number of nitrogens with one attached hydrogen (secondary N) is 2. The van der Waals surface area contributed by atoms with Crippen LogP contribution < -0.4 is 5.32 Å². The molecule has 0 aliphatic rings. The molecule has 0 amide bonds. The highest BCUT2D eigenvalue weighted by Gasteiger charge is 2.04. The molecule has 5 nitrogen and oxygen atoms in total. The molecule has 98 valence electrons. The molecular formula is C13H13ClN4O. The minimum atomic E-state index is 0.721. The maximum absolute atomic E-state index is 5.95. The van der Waals surface area contributed by atoms with E-state index in [-0.39, 0.29) is 0 Å². The molecule has 0 atom stereocenters. The standard InChI is InChI=1S/C13H13ClN4O/c14-10-1-2-11-9(7-16-12(11)5-10)6-15-4-3-13-17-8-19-18-13/h1-2,5,7-8,15-16H,3-4,6H2. The number of aromatic nitrogens is 3. The van der Waals surface area contributed by atoms with Crippen LogP contribution in [0, 0.1) is 0 Å².